The second-order valence-corrected chi connectivity index (χ2v) is 7.47. The highest BCUT2D eigenvalue weighted by Gasteiger charge is 2.13. The first-order valence-electron chi connectivity index (χ1n) is 7.80. The minimum Gasteiger partial charge on any atom is -0.452 e. The summed E-state index contributed by atoms with van der Waals surface area (Å²) >= 11 is 3.07. The summed E-state index contributed by atoms with van der Waals surface area (Å²) in [6.07, 6.45) is 0. The zero-order valence-corrected chi connectivity index (χ0v) is 15.1. The van der Waals surface area contributed by atoms with Gasteiger partial charge < -0.3 is 7.10 Å². The zero-order valence-electron chi connectivity index (χ0n) is 12.8. The highest BCUT2D eigenvalue weighted by atomic mass is 27.1. The number of aromatic nitrogens is 2. The van der Waals surface area contributed by atoms with Crippen molar-refractivity contribution in [2.24, 2.45) is 0 Å². The van der Waals surface area contributed by atoms with Crippen LogP contribution in [-0.4, -0.2) is 39.1 Å². The fourth-order valence-electron chi connectivity index (χ4n) is 3.77. The summed E-state index contributed by atoms with van der Waals surface area (Å²) < 4.78 is 4.73. The number of para-hydroxylation sites is 2. The van der Waals surface area contributed by atoms with Crippen LogP contribution in [0.25, 0.3) is 43.6 Å². The molecule has 0 saturated carbocycles. The molecule has 0 N–H and O–H groups in total. The predicted molar refractivity (Wildman–Crippen MR) is 101 cm³/mol. The van der Waals surface area contributed by atoms with E-state index in [4.69, 9.17) is 0 Å². The molecule has 0 fully saturated rings. The molecule has 2 aromatic heterocycles. The first-order valence-corrected chi connectivity index (χ1v) is 9.99. The fourth-order valence-corrected chi connectivity index (χ4v) is 5.20. The van der Waals surface area contributed by atoms with E-state index in [1.54, 1.807) is 0 Å². The predicted octanol–water partition coefficient (Wildman–Crippen LogP) is 4.35. The summed E-state index contributed by atoms with van der Waals surface area (Å²) in [6.45, 7) is 0. The van der Waals surface area contributed by atoms with Gasteiger partial charge in [-0.05, 0) is 24.3 Å². The fraction of sp³-hybridized carbons (Fsp3) is 0.0526. The molecule has 105 valence electrons. The second kappa shape index (κ2) is 4.91. The van der Waals surface area contributed by atoms with Crippen LogP contribution in [0.3, 0.4) is 0 Å². The Morgan fingerprint density at radius 1 is 0.696 bits per heavy atom. The first kappa shape index (κ1) is 13.7. The summed E-state index contributed by atoms with van der Waals surface area (Å²) in [6, 6.07) is 22.1. The molecule has 3 radical (unpaired) electrons. The SMILES string of the molecule is [CH3][Al][n]1c2ccccc2c2cc3c(cc21)c1ccccc1[n]3[Al]. The Kier molecular flexibility index (Phi) is 2.93. The van der Waals surface area contributed by atoms with Gasteiger partial charge in [-0.1, -0.05) is 42.2 Å². The molecular weight excluding hydrogens is 310 g/mol. The van der Waals surface area contributed by atoms with Crippen LogP contribution in [0.4, 0.5) is 0 Å². The Morgan fingerprint density at radius 3 is 2.00 bits per heavy atom. The lowest BCUT2D eigenvalue weighted by Crippen LogP contribution is -2.00. The van der Waals surface area contributed by atoms with Crippen molar-refractivity contribution in [3.05, 3.63) is 60.7 Å². The van der Waals surface area contributed by atoms with E-state index < -0.39 is 0 Å². The van der Waals surface area contributed by atoms with Crippen molar-refractivity contribution < 1.29 is 0 Å². The van der Waals surface area contributed by atoms with Crippen molar-refractivity contribution in [1.82, 2.24) is 7.10 Å². The number of hydrogen-bond donors (Lipinski definition) is 0. The highest BCUT2D eigenvalue weighted by Crippen LogP contribution is 2.35. The Labute approximate surface area is 148 Å². The van der Waals surface area contributed by atoms with Gasteiger partial charge in [0.25, 0.3) is 0 Å². The maximum absolute atomic E-state index is 2.87. The second-order valence-electron chi connectivity index (χ2n) is 5.92. The maximum Gasteiger partial charge on any atom is 0.374 e. The molecule has 0 aliphatic heterocycles. The molecular formula is C19H13Al2N2. The van der Waals surface area contributed by atoms with E-state index in [0.717, 1.165) is 0 Å². The lowest BCUT2D eigenvalue weighted by Gasteiger charge is -2.04. The third-order valence-corrected chi connectivity index (χ3v) is 6.43. The van der Waals surface area contributed by atoms with Crippen molar-refractivity contribution in [2.45, 2.75) is 5.79 Å². The molecule has 2 heterocycles. The van der Waals surface area contributed by atoms with Gasteiger partial charge in [0.05, 0.1) is 0 Å². The van der Waals surface area contributed by atoms with Crippen LogP contribution in [0, 0.1) is 0 Å². The molecule has 4 heteroatoms. The number of rotatable bonds is 1. The van der Waals surface area contributed by atoms with Gasteiger partial charge in [0.15, 0.2) is 0 Å². The summed E-state index contributed by atoms with van der Waals surface area (Å²) in [4.78, 5) is 0. The normalized spacial score (nSPS) is 11.9. The Balaban J connectivity index is 2.08. The van der Waals surface area contributed by atoms with Crippen LogP contribution in [0.2, 0.25) is 5.79 Å². The van der Waals surface area contributed by atoms with E-state index >= 15 is 0 Å². The molecule has 0 unspecified atom stereocenters. The summed E-state index contributed by atoms with van der Waals surface area (Å²) in [5.74, 6) is 2.30. The molecule has 0 aliphatic carbocycles. The minimum atomic E-state index is 0.203. The van der Waals surface area contributed by atoms with Gasteiger partial charge in [0, 0.05) is 43.6 Å². The van der Waals surface area contributed by atoms with Crippen LogP contribution in [0.15, 0.2) is 60.7 Å². The molecule has 0 spiro atoms. The average molecular weight is 323 g/mol. The van der Waals surface area contributed by atoms with Gasteiger partial charge >= 0.3 is 32.0 Å². The summed E-state index contributed by atoms with van der Waals surface area (Å²) in [5, 5.41) is 5.37. The quantitative estimate of drug-likeness (QED) is 0.406. The smallest absolute Gasteiger partial charge is 0.374 e. The third-order valence-electron chi connectivity index (χ3n) is 4.80. The molecule has 2 nitrogen and oxygen atoms in total. The highest BCUT2D eigenvalue weighted by molar-refractivity contribution is 6.38. The van der Waals surface area contributed by atoms with E-state index in [1.807, 2.05) is 0 Å². The number of nitrogens with zero attached hydrogens (tertiary/aromatic N) is 2. The van der Waals surface area contributed by atoms with Crippen LogP contribution in [0.1, 0.15) is 0 Å². The van der Waals surface area contributed by atoms with Gasteiger partial charge in [0.1, 0.15) is 0 Å². The van der Waals surface area contributed by atoms with Crippen LogP contribution in [-0.2, 0) is 0 Å². The molecule has 5 aromatic rings. The number of hydrogen-bond acceptors (Lipinski definition) is 0. The topological polar surface area (TPSA) is 9.86 Å². The average Bonchev–Trinajstić information content (AvgIpc) is 3.06. The monoisotopic (exact) mass is 323 g/mol. The zero-order chi connectivity index (χ0) is 15.6. The van der Waals surface area contributed by atoms with Crippen LogP contribution < -0.4 is 0 Å². The van der Waals surface area contributed by atoms with E-state index in [2.05, 4.69) is 90.1 Å². The van der Waals surface area contributed by atoms with Crippen molar-refractivity contribution in [3.8, 4) is 0 Å². The molecule has 3 aromatic carbocycles. The largest absolute Gasteiger partial charge is 0.452 e. The van der Waals surface area contributed by atoms with Crippen LogP contribution in [0.5, 0.6) is 0 Å². The lowest BCUT2D eigenvalue weighted by atomic mass is 10.1. The van der Waals surface area contributed by atoms with Crippen molar-refractivity contribution >= 4 is 75.6 Å². The van der Waals surface area contributed by atoms with E-state index in [-0.39, 0.29) is 15.4 Å². The van der Waals surface area contributed by atoms with Crippen molar-refractivity contribution in [1.29, 1.82) is 0 Å². The first-order chi connectivity index (χ1) is 11.3. The lowest BCUT2D eigenvalue weighted by molar-refractivity contribution is 1.36. The van der Waals surface area contributed by atoms with Crippen molar-refractivity contribution in [3.63, 3.8) is 0 Å². The molecule has 0 atom stereocenters. The van der Waals surface area contributed by atoms with Gasteiger partial charge in [-0.15, -0.1) is 0 Å². The van der Waals surface area contributed by atoms with Crippen molar-refractivity contribution in [2.75, 3.05) is 0 Å². The van der Waals surface area contributed by atoms with Gasteiger partial charge in [-0.3, -0.25) is 0 Å². The summed E-state index contributed by atoms with van der Waals surface area (Å²) in [7, 11) is 0. The van der Waals surface area contributed by atoms with E-state index in [1.165, 1.54) is 43.6 Å². The third kappa shape index (κ3) is 1.76. The molecule has 0 amide bonds. The summed E-state index contributed by atoms with van der Waals surface area (Å²) in [5.41, 5.74) is 5.25. The maximum atomic E-state index is 2.87. The van der Waals surface area contributed by atoms with E-state index in [0.29, 0.717) is 0 Å². The van der Waals surface area contributed by atoms with Gasteiger partial charge in [-0.25, -0.2) is 0 Å². The molecule has 0 bridgehead atoms. The molecule has 0 saturated heterocycles. The number of benzene rings is 3. The minimum absolute atomic E-state index is 0.203. The van der Waals surface area contributed by atoms with Crippen LogP contribution >= 0.6 is 0 Å². The van der Waals surface area contributed by atoms with Gasteiger partial charge in [0.2, 0.25) is 0 Å². The van der Waals surface area contributed by atoms with Gasteiger partial charge in [-0.2, -0.15) is 0 Å². The molecule has 0 aliphatic rings. The molecule has 5 rings (SSSR count). The Morgan fingerprint density at radius 2 is 1.26 bits per heavy atom. The number of fused-ring (bicyclic) bond motifs is 6. The Hall–Kier alpha value is -1.68. The molecule has 23 heavy (non-hydrogen) atoms. The Bertz CT molecular complexity index is 1210. The standard InChI is InChI=1S/C18H10N2.CH3.2Al/c1-3-7-15-11(5-1)13-9-18-14(10-17(13)19-15)12-6-2-4-8-16(12)20-18;;;/h1-10H;1H3;;/q-2;;2*+1. The van der Waals surface area contributed by atoms with E-state index in [9.17, 15) is 0 Å².